The Morgan fingerprint density at radius 1 is 1.31 bits per heavy atom. The van der Waals surface area contributed by atoms with Gasteiger partial charge in [0, 0.05) is 18.0 Å². The van der Waals surface area contributed by atoms with Gasteiger partial charge in [-0.3, -0.25) is 14.0 Å². The Kier molecular flexibility index (Phi) is 4.73. The summed E-state index contributed by atoms with van der Waals surface area (Å²) in [5.74, 6) is -1.85. The number of carbonyl (C=O) groups excluding carboxylic acids is 2. The van der Waals surface area contributed by atoms with Crippen molar-refractivity contribution >= 4 is 34.8 Å². The number of anilines is 1. The van der Waals surface area contributed by atoms with Crippen LogP contribution in [0.1, 0.15) is 38.7 Å². The Balaban J connectivity index is 1.62. The van der Waals surface area contributed by atoms with Crippen LogP contribution in [0.2, 0.25) is 0 Å². The fourth-order valence-corrected chi connectivity index (χ4v) is 3.45. The number of rotatable bonds is 5. The van der Waals surface area contributed by atoms with Crippen molar-refractivity contribution in [3.63, 3.8) is 0 Å². The number of aryl methyl sites for hydroxylation is 1. The molecule has 152 valence electrons. The molecule has 0 radical (unpaired) electrons. The lowest BCUT2D eigenvalue weighted by molar-refractivity contribution is -0.158. The van der Waals surface area contributed by atoms with E-state index in [-0.39, 0.29) is 17.2 Å². The number of nitrogens with one attached hydrogen (secondary N) is 2. The molecule has 1 aliphatic carbocycles. The van der Waals surface area contributed by atoms with Gasteiger partial charge in [0.1, 0.15) is 23.1 Å². The van der Waals surface area contributed by atoms with Gasteiger partial charge in [-0.1, -0.05) is 0 Å². The van der Waals surface area contributed by atoms with Crippen molar-refractivity contribution in [2.24, 2.45) is 5.92 Å². The van der Waals surface area contributed by atoms with Gasteiger partial charge >= 0.3 is 6.18 Å². The van der Waals surface area contributed by atoms with Gasteiger partial charge in [0.05, 0.1) is 0 Å². The molecule has 0 saturated heterocycles. The Labute approximate surface area is 166 Å². The average Bonchev–Trinajstić information content (AvgIpc) is 3.15. The van der Waals surface area contributed by atoms with E-state index in [0.29, 0.717) is 23.4 Å². The van der Waals surface area contributed by atoms with Crippen molar-refractivity contribution in [1.82, 2.24) is 24.1 Å². The van der Waals surface area contributed by atoms with Gasteiger partial charge in [-0.15, -0.1) is 0 Å². The molecular formula is C17H15F3N6O2S. The highest BCUT2D eigenvalue weighted by Gasteiger charge is 2.50. The molecule has 1 aliphatic rings. The van der Waals surface area contributed by atoms with Crippen molar-refractivity contribution in [3.8, 4) is 0 Å². The minimum absolute atomic E-state index is 0.0545. The van der Waals surface area contributed by atoms with Gasteiger partial charge in [-0.2, -0.15) is 13.2 Å². The number of carbonyl (C=O) groups is 2. The summed E-state index contributed by atoms with van der Waals surface area (Å²) in [6, 6.07) is 1.19. The van der Waals surface area contributed by atoms with E-state index in [1.54, 1.807) is 13.0 Å². The molecule has 2 N–H and O–H groups in total. The second kappa shape index (κ2) is 7.10. The number of hydrogen-bond acceptors (Lipinski definition) is 6. The third kappa shape index (κ3) is 3.92. The number of alkyl halides is 3. The van der Waals surface area contributed by atoms with Crippen molar-refractivity contribution < 1.29 is 22.8 Å². The van der Waals surface area contributed by atoms with Crippen LogP contribution in [0.4, 0.5) is 19.0 Å². The molecule has 3 heterocycles. The zero-order chi connectivity index (χ0) is 20.8. The standard InChI is InChI=1S/C17H15F3N6O2S/c1-8-6-11(24-15(27)10-4-5-22-29-10)23-14-12(21-7-26(8)14)16(28)25-13(9-2-3-9)17(18,19)20/h4-7,9,13H,2-3H2,1H3,(H,25,28)(H,23,24,27)/t13-/m0/s1. The first-order valence-corrected chi connectivity index (χ1v) is 9.45. The fraction of sp³-hybridized carbons (Fsp3) is 0.353. The molecule has 3 aromatic rings. The van der Waals surface area contributed by atoms with Crippen LogP contribution >= 0.6 is 11.5 Å². The predicted octanol–water partition coefficient (Wildman–Crippen LogP) is 2.82. The van der Waals surface area contributed by atoms with Gasteiger partial charge in [0.25, 0.3) is 11.8 Å². The van der Waals surface area contributed by atoms with Crippen molar-refractivity contribution in [2.45, 2.75) is 32.0 Å². The van der Waals surface area contributed by atoms with E-state index in [9.17, 15) is 22.8 Å². The van der Waals surface area contributed by atoms with Crippen LogP contribution in [0, 0.1) is 12.8 Å². The lowest BCUT2D eigenvalue weighted by atomic mass is 10.1. The van der Waals surface area contributed by atoms with Gasteiger partial charge in [0.15, 0.2) is 11.3 Å². The molecule has 1 atom stereocenters. The van der Waals surface area contributed by atoms with E-state index in [1.165, 1.54) is 23.0 Å². The molecule has 1 fully saturated rings. The van der Waals surface area contributed by atoms with Gasteiger partial charge < -0.3 is 10.6 Å². The Hall–Kier alpha value is -3.02. The third-order valence-corrected chi connectivity index (χ3v) is 5.29. The molecule has 2 amide bonds. The monoisotopic (exact) mass is 424 g/mol. The maximum absolute atomic E-state index is 13.2. The highest BCUT2D eigenvalue weighted by molar-refractivity contribution is 7.08. The zero-order valence-corrected chi connectivity index (χ0v) is 15.8. The molecule has 0 aliphatic heterocycles. The molecule has 0 bridgehead atoms. The Morgan fingerprint density at radius 2 is 2.07 bits per heavy atom. The fourth-order valence-electron chi connectivity index (χ4n) is 2.96. The van der Waals surface area contributed by atoms with E-state index in [4.69, 9.17) is 0 Å². The topological polar surface area (TPSA) is 101 Å². The SMILES string of the molecule is Cc1cc(NC(=O)c2ccns2)nc2c(C(=O)N[C@@H](C3CC3)C(F)(F)F)ncn12. The average molecular weight is 424 g/mol. The summed E-state index contributed by atoms with van der Waals surface area (Å²) in [5.41, 5.74) is 0.409. The second-order valence-corrected chi connectivity index (χ2v) is 7.56. The summed E-state index contributed by atoms with van der Waals surface area (Å²) in [5, 5.41) is 4.64. The number of hydrogen-bond donors (Lipinski definition) is 2. The van der Waals surface area contributed by atoms with Gasteiger partial charge in [-0.25, -0.2) is 14.3 Å². The lowest BCUT2D eigenvalue weighted by Crippen LogP contribution is -2.47. The first kappa shape index (κ1) is 19.3. The zero-order valence-electron chi connectivity index (χ0n) is 15.0. The van der Waals surface area contributed by atoms with Crippen LogP contribution in [0.5, 0.6) is 0 Å². The molecular weight excluding hydrogens is 409 g/mol. The minimum atomic E-state index is -4.54. The highest BCUT2D eigenvalue weighted by Crippen LogP contribution is 2.40. The molecule has 3 aromatic heterocycles. The summed E-state index contributed by atoms with van der Waals surface area (Å²) in [6.45, 7) is 1.70. The molecule has 0 unspecified atom stereocenters. The van der Waals surface area contributed by atoms with Crippen LogP contribution < -0.4 is 10.6 Å². The van der Waals surface area contributed by atoms with E-state index in [2.05, 4.69) is 19.7 Å². The van der Waals surface area contributed by atoms with Gasteiger partial charge in [-0.05, 0) is 43.3 Å². The molecule has 12 heteroatoms. The first-order chi connectivity index (χ1) is 13.7. The predicted molar refractivity (Wildman–Crippen MR) is 97.8 cm³/mol. The van der Waals surface area contributed by atoms with Crippen LogP contribution in [0.15, 0.2) is 24.7 Å². The lowest BCUT2D eigenvalue weighted by Gasteiger charge is -2.20. The summed E-state index contributed by atoms with van der Waals surface area (Å²) < 4.78 is 45.0. The number of nitrogens with zero attached hydrogens (tertiary/aromatic N) is 4. The summed E-state index contributed by atoms with van der Waals surface area (Å²) in [7, 11) is 0. The number of halogens is 3. The molecule has 0 aromatic carbocycles. The number of imidazole rings is 1. The van der Waals surface area contributed by atoms with Crippen LogP contribution in [0.3, 0.4) is 0 Å². The largest absolute Gasteiger partial charge is 0.408 e. The van der Waals surface area contributed by atoms with Crippen molar-refractivity contribution in [3.05, 3.63) is 40.9 Å². The van der Waals surface area contributed by atoms with E-state index >= 15 is 0 Å². The Bertz CT molecular complexity index is 1070. The summed E-state index contributed by atoms with van der Waals surface area (Å²) in [6.07, 6.45) is -0.915. The molecule has 0 spiro atoms. The van der Waals surface area contributed by atoms with Crippen LogP contribution in [-0.4, -0.2) is 42.8 Å². The van der Waals surface area contributed by atoms with Crippen molar-refractivity contribution in [1.29, 1.82) is 0 Å². The Morgan fingerprint density at radius 3 is 2.69 bits per heavy atom. The maximum atomic E-state index is 13.2. The van der Waals surface area contributed by atoms with Gasteiger partial charge in [0.2, 0.25) is 0 Å². The normalized spacial score (nSPS) is 15.3. The third-order valence-electron chi connectivity index (χ3n) is 4.55. The van der Waals surface area contributed by atoms with E-state index in [1.807, 2.05) is 5.32 Å². The van der Waals surface area contributed by atoms with Crippen LogP contribution in [-0.2, 0) is 0 Å². The molecule has 4 rings (SSSR count). The van der Waals surface area contributed by atoms with Crippen molar-refractivity contribution in [2.75, 3.05) is 5.32 Å². The smallest absolute Gasteiger partial charge is 0.339 e. The first-order valence-electron chi connectivity index (χ1n) is 8.68. The van der Waals surface area contributed by atoms with E-state index < -0.39 is 30.0 Å². The second-order valence-electron chi connectivity index (χ2n) is 6.73. The molecule has 1 saturated carbocycles. The number of aromatic nitrogens is 4. The van der Waals surface area contributed by atoms with Crippen LogP contribution in [0.25, 0.3) is 5.65 Å². The quantitative estimate of drug-likeness (QED) is 0.656. The maximum Gasteiger partial charge on any atom is 0.408 e. The summed E-state index contributed by atoms with van der Waals surface area (Å²) >= 11 is 1.01. The molecule has 29 heavy (non-hydrogen) atoms. The molecule has 8 nitrogen and oxygen atoms in total. The number of amides is 2. The van der Waals surface area contributed by atoms with E-state index in [0.717, 1.165) is 11.5 Å². The number of fused-ring (bicyclic) bond motifs is 1. The highest BCUT2D eigenvalue weighted by atomic mass is 32.1. The minimum Gasteiger partial charge on any atom is -0.339 e. The summed E-state index contributed by atoms with van der Waals surface area (Å²) in [4.78, 5) is 33.2.